The molecule has 3 aromatic rings. The number of furan rings is 1. The van der Waals surface area contributed by atoms with Crippen LogP contribution in [0.4, 0.5) is 5.82 Å². The van der Waals surface area contributed by atoms with Gasteiger partial charge in [0.2, 0.25) is 0 Å². The zero-order chi connectivity index (χ0) is 14.4. The predicted molar refractivity (Wildman–Crippen MR) is 83.8 cm³/mol. The molecule has 0 saturated heterocycles. The Hall–Kier alpha value is -2.07. The minimum atomic E-state index is 0.496. The number of halogens is 1. The van der Waals surface area contributed by atoms with Crippen molar-refractivity contribution in [1.82, 2.24) is 9.97 Å². The molecule has 2 aromatic heterocycles. The Labute approximate surface area is 127 Å². The van der Waals surface area contributed by atoms with E-state index in [9.17, 15) is 0 Å². The summed E-state index contributed by atoms with van der Waals surface area (Å²) in [6.45, 7) is 0. The van der Waals surface area contributed by atoms with Crippen molar-refractivity contribution in [2.45, 2.75) is 18.8 Å². The van der Waals surface area contributed by atoms with Crippen LogP contribution in [0.3, 0.4) is 0 Å². The van der Waals surface area contributed by atoms with Crippen LogP contribution < -0.4 is 5.32 Å². The first-order valence-corrected chi connectivity index (χ1v) is 7.37. The normalized spacial score (nSPS) is 14.6. The molecule has 21 heavy (non-hydrogen) atoms. The fraction of sp³-hybridized carbons (Fsp3) is 0.250. The van der Waals surface area contributed by atoms with E-state index in [4.69, 9.17) is 16.0 Å². The summed E-state index contributed by atoms with van der Waals surface area (Å²) in [7, 11) is 1.86. The van der Waals surface area contributed by atoms with Gasteiger partial charge < -0.3 is 9.73 Å². The number of fused-ring (bicyclic) bond motifs is 1. The zero-order valence-corrected chi connectivity index (χ0v) is 12.3. The van der Waals surface area contributed by atoms with Gasteiger partial charge in [-0.05, 0) is 37.1 Å². The number of hydrogen-bond acceptors (Lipinski definition) is 4. The lowest BCUT2D eigenvalue weighted by Crippen LogP contribution is -2.00. The highest BCUT2D eigenvalue weighted by molar-refractivity contribution is 6.31. The van der Waals surface area contributed by atoms with Crippen LogP contribution in [0.25, 0.3) is 22.4 Å². The average molecular weight is 300 g/mol. The number of nitrogens with zero attached hydrogens (tertiary/aromatic N) is 2. The standard InChI is InChI=1S/C16H14ClN3O/c1-18-15-8-12(19-16(20-15)9-2-3-9)14-7-10-6-11(17)4-5-13(10)21-14/h4-9H,2-3H2,1H3,(H,18,19,20). The number of hydrogen-bond donors (Lipinski definition) is 1. The summed E-state index contributed by atoms with van der Waals surface area (Å²) >= 11 is 6.02. The number of anilines is 1. The van der Waals surface area contributed by atoms with Gasteiger partial charge in [-0.3, -0.25) is 0 Å². The summed E-state index contributed by atoms with van der Waals surface area (Å²) < 4.78 is 5.89. The van der Waals surface area contributed by atoms with Gasteiger partial charge in [-0.1, -0.05) is 11.6 Å². The molecule has 106 valence electrons. The van der Waals surface area contributed by atoms with E-state index in [2.05, 4.69) is 15.3 Å². The number of nitrogens with one attached hydrogen (secondary N) is 1. The Kier molecular flexibility index (Phi) is 2.86. The molecule has 1 aliphatic rings. The molecule has 1 saturated carbocycles. The summed E-state index contributed by atoms with van der Waals surface area (Å²) in [5.41, 5.74) is 1.62. The van der Waals surface area contributed by atoms with Gasteiger partial charge in [-0.2, -0.15) is 0 Å². The molecular formula is C16H14ClN3O. The van der Waals surface area contributed by atoms with Gasteiger partial charge in [0.15, 0.2) is 5.76 Å². The number of aromatic nitrogens is 2. The Morgan fingerprint density at radius 2 is 2.05 bits per heavy atom. The second kappa shape index (κ2) is 4.74. The van der Waals surface area contributed by atoms with Crippen molar-refractivity contribution in [3.63, 3.8) is 0 Å². The summed E-state index contributed by atoms with van der Waals surface area (Å²) in [5.74, 6) is 2.96. The van der Waals surface area contributed by atoms with E-state index in [0.717, 1.165) is 34.1 Å². The first kappa shape index (κ1) is 12.7. The third-order valence-corrected chi connectivity index (χ3v) is 3.91. The smallest absolute Gasteiger partial charge is 0.154 e. The number of benzene rings is 1. The minimum Gasteiger partial charge on any atom is -0.454 e. The molecule has 0 amide bonds. The monoisotopic (exact) mass is 299 g/mol. The maximum atomic E-state index is 6.02. The fourth-order valence-electron chi connectivity index (χ4n) is 2.38. The van der Waals surface area contributed by atoms with Crippen molar-refractivity contribution in [2.24, 2.45) is 0 Å². The largest absolute Gasteiger partial charge is 0.454 e. The molecule has 2 heterocycles. The van der Waals surface area contributed by atoms with Crippen LogP contribution in [0.15, 0.2) is 34.7 Å². The lowest BCUT2D eigenvalue weighted by atomic mass is 10.2. The van der Waals surface area contributed by atoms with Crippen molar-refractivity contribution in [2.75, 3.05) is 12.4 Å². The quantitative estimate of drug-likeness (QED) is 0.775. The predicted octanol–water partition coefficient (Wildman–Crippen LogP) is 4.46. The molecule has 1 N–H and O–H groups in total. The molecular weight excluding hydrogens is 286 g/mol. The van der Waals surface area contributed by atoms with Gasteiger partial charge in [0, 0.05) is 29.4 Å². The molecule has 4 rings (SSSR count). The van der Waals surface area contributed by atoms with Gasteiger partial charge in [0.25, 0.3) is 0 Å². The number of rotatable bonds is 3. The highest BCUT2D eigenvalue weighted by Gasteiger charge is 2.27. The average Bonchev–Trinajstić information content (AvgIpc) is 3.26. The first-order chi connectivity index (χ1) is 10.2. The van der Waals surface area contributed by atoms with Crippen LogP contribution >= 0.6 is 11.6 Å². The molecule has 4 nitrogen and oxygen atoms in total. The molecule has 5 heteroatoms. The summed E-state index contributed by atoms with van der Waals surface area (Å²) in [6, 6.07) is 9.48. The van der Waals surface area contributed by atoms with Gasteiger partial charge in [0.1, 0.15) is 22.9 Å². The van der Waals surface area contributed by atoms with Gasteiger partial charge in [-0.25, -0.2) is 9.97 Å². The van der Waals surface area contributed by atoms with E-state index in [-0.39, 0.29) is 0 Å². The molecule has 1 aliphatic carbocycles. The van der Waals surface area contributed by atoms with E-state index in [1.807, 2.05) is 37.4 Å². The minimum absolute atomic E-state index is 0.496. The Morgan fingerprint density at radius 1 is 1.19 bits per heavy atom. The van der Waals surface area contributed by atoms with Gasteiger partial charge in [0.05, 0.1) is 0 Å². The van der Waals surface area contributed by atoms with Crippen LogP contribution in [0, 0.1) is 0 Å². The summed E-state index contributed by atoms with van der Waals surface area (Å²) in [6.07, 6.45) is 2.34. The van der Waals surface area contributed by atoms with Crippen molar-refractivity contribution in [3.05, 3.63) is 41.2 Å². The molecule has 0 aliphatic heterocycles. The highest BCUT2D eigenvalue weighted by atomic mass is 35.5. The second-order valence-electron chi connectivity index (χ2n) is 5.31. The van der Waals surface area contributed by atoms with Crippen molar-refractivity contribution in [1.29, 1.82) is 0 Å². The summed E-state index contributed by atoms with van der Waals surface area (Å²) in [4.78, 5) is 9.18. The van der Waals surface area contributed by atoms with Crippen LogP contribution in [0.2, 0.25) is 5.02 Å². The first-order valence-electron chi connectivity index (χ1n) is 6.99. The van der Waals surface area contributed by atoms with Crippen molar-refractivity contribution >= 4 is 28.4 Å². The maximum Gasteiger partial charge on any atom is 0.154 e. The zero-order valence-electron chi connectivity index (χ0n) is 11.6. The Bertz CT molecular complexity index is 824. The summed E-state index contributed by atoms with van der Waals surface area (Å²) in [5, 5.41) is 4.77. The van der Waals surface area contributed by atoms with Crippen LogP contribution in [0.1, 0.15) is 24.6 Å². The van der Waals surface area contributed by atoms with E-state index in [1.165, 1.54) is 12.8 Å². The Morgan fingerprint density at radius 3 is 2.81 bits per heavy atom. The van der Waals surface area contributed by atoms with E-state index in [0.29, 0.717) is 10.9 Å². The third kappa shape index (κ3) is 2.36. The van der Waals surface area contributed by atoms with Crippen LogP contribution in [-0.2, 0) is 0 Å². The fourth-order valence-corrected chi connectivity index (χ4v) is 2.57. The SMILES string of the molecule is CNc1cc(-c2cc3cc(Cl)ccc3o2)nc(C2CC2)n1. The molecule has 0 spiro atoms. The van der Waals surface area contributed by atoms with E-state index >= 15 is 0 Å². The van der Waals surface area contributed by atoms with Crippen LogP contribution in [-0.4, -0.2) is 17.0 Å². The maximum absolute atomic E-state index is 6.02. The highest BCUT2D eigenvalue weighted by Crippen LogP contribution is 2.39. The second-order valence-corrected chi connectivity index (χ2v) is 5.75. The van der Waals surface area contributed by atoms with Crippen molar-refractivity contribution < 1.29 is 4.42 Å². The lowest BCUT2D eigenvalue weighted by Gasteiger charge is -2.05. The molecule has 0 unspecified atom stereocenters. The molecule has 1 aromatic carbocycles. The topological polar surface area (TPSA) is 51.0 Å². The van der Waals surface area contributed by atoms with Crippen LogP contribution in [0.5, 0.6) is 0 Å². The molecule has 1 fully saturated rings. The lowest BCUT2D eigenvalue weighted by molar-refractivity contribution is 0.627. The molecule has 0 radical (unpaired) electrons. The third-order valence-electron chi connectivity index (χ3n) is 3.67. The Balaban J connectivity index is 1.84. The van der Waals surface area contributed by atoms with E-state index in [1.54, 1.807) is 0 Å². The van der Waals surface area contributed by atoms with Crippen molar-refractivity contribution in [3.8, 4) is 11.5 Å². The van der Waals surface area contributed by atoms with Gasteiger partial charge in [-0.15, -0.1) is 0 Å². The van der Waals surface area contributed by atoms with Gasteiger partial charge >= 0.3 is 0 Å². The molecule has 0 atom stereocenters. The van der Waals surface area contributed by atoms with E-state index < -0.39 is 0 Å². The molecule has 0 bridgehead atoms.